The van der Waals surface area contributed by atoms with Gasteiger partial charge in [0, 0.05) is 10.7 Å². The third-order valence-corrected chi connectivity index (χ3v) is 3.33. The van der Waals surface area contributed by atoms with Crippen LogP contribution in [0.1, 0.15) is 5.56 Å². The van der Waals surface area contributed by atoms with Gasteiger partial charge in [-0.1, -0.05) is 15.9 Å². The van der Waals surface area contributed by atoms with E-state index in [0.717, 1.165) is 4.47 Å². The predicted octanol–water partition coefficient (Wildman–Crippen LogP) is 4.27. The van der Waals surface area contributed by atoms with Crippen molar-refractivity contribution in [2.24, 2.45) is 0 Å². The maximum absolute atomic E-state index is 9.04. The van der Waals surface area contributed by atoms with Crippen molar-refractivity contribution in [1.29, 1.82) is 5.26 Å². The Labute approximate surface area is 125 Å². The molecule has 0 saturated carbocycles. The zero-order chi connectivity index (χ0) is 13.1. The first kappa shape index (κ1) is 13.3. The smallest absolute Gasteiger partial charge is 0.224 e. The summed E-state index contributed by atoms with van der Waals surface area (Å²) in [5.74, 6) is 0.504. The van der Waals surface area contributed by atoms with Crippen LogP contribution in [0, 0.1) is 11.3 Å². The number of rotatable bonds is 2. The summed E-state index contributed by atoms with van der Waals surface area (Å²) in [4.78, 5) is 7.88. The van der Waals surface area contributed by atoms with Gasteiger partial charge in [0.15, 0.2) is 0 Å². The molecule has 18 heavy (non-hydrogen) atoms. The molecule has 1 aromatic heterocycles. The maximum Gasteiger partial charge on any atom is 0.224 e. The van der Waals surface area contributed by atoms with E-state index in [0.29, 0.717) is 21.5 Å². The highest BCUT2D eigenvalue weighted by atomic mass is 79.9. The van der Waals surface area contributed by atoms with Crippen molar-refractivity contribution in [3.8, 4) is 6.07 Å². The number of hydrogen-bond donors (Lipinski definition) is 1. The molecule has 7 heteroatoms. The Morgan fingerprint density at radius 1 is 1.33 bits per heavy atom. The second-order valence-corrected chi connectivity index (χ2v) is 5.37. The van der Waals surface area contributed by atoms with E-state index < -0.39 is 0 Å². The first-order valence-electron chi connectivity index (χ1n) is 4.75. The van der Waals surface area contributed by atoms with E-state index >= 15 is 0 Å². The Morgan fingerprint density at radius 3 is 2.83 bits per heavy atom. The van der Waals surface area contributed by atoms with E-state index in [1.807, 2.05) is 0 Å². The average molecular weight is 388 g/mol. The molecule has 0 fully saturated rings. The zero-order valence-electron chi connectivity index (χ0n) is 8.78. The highest BCUT2D eigenvalue weighted by Gasteiger charge is 2.08. The molecular formula is C11H5Br2ClN4. The summed E-state index contributed by atoms with van der Waals surface area (Å²) in [5.41, 5.74) is 1.15. The molecule has 0 amide bonds. The molecule has 0 radical (unpaired) electrons. The second kappa shape index (κ2) is 5.65. The van der Waals surface area contributed by atoms with E-state index in [2.05, 4.69) is 53.2 Å². The normalized spacial score (nSPS) is 9.89. The third kappa shape index (κ3) is 2.99. The molecule has 2 rings (SSSR count). The first-order valence-corrected chi connectivity index (χ1v) is 6.71. The van der Waals surface area contributed by atoms with Crippen molar-refractivity contribution in [2.45, 2.75) is 0 Å². The lowest BCUT2D eigenvalue weighted by Gasteiger charge is -2.09. The van der Waals surface area contributed by atoms with Gasteiger partial charge in [-0.25, -0.2) is 4.98 Å². The van der Waals surface area contributed by atoms with Crippen molar-refractivity contribution in [3.05, 3.63) is 44.2 Å². The van der Waals surface area contributed by atoms with Gasteiger partial charge in [-0.05, 0) is 45.7 Å². The van der Waals surface area contributed by atoms with Crippen LogP contribution in [-0.2, 0) is 0 Å². The van der Waals surface area contributed by atoms with Crippen molar-refractivity contribution < 1.29 is 0 Å². The summed E-state index contributed by atoms with van der Waals surface area (Å²) in [6.07, 6.45) is 1.54. The number of nitriles is 1. The molecule has 0 atom stereocenters. The number of benzene rings is 1. The van der Waals surface area contributed by atoms with E-state index in [9.17, 15) is 0 Å². The monoisotopic (exact) mass is 386 g/mol. The molecule has 0 spiro atoms. The Kier molecular flexibility index (Phi) is 4.17. The van der Waals surface area contributed by atoms with Crippen LogP contribution in [0.25, 0.3) is 0 Å². The average Bonchev–Trinajstić information content (AvgIpc) is 2.34. The summed E-state index contributed by atoms with van der Waals surface area (Å²) in [7, 11) is 0. The molecule has 1 aromatic carbocycles. The summed E-state index contributed by atoms with van der Waals surface area (Å²) in [6.45, 7) is 0. The van der Waals surface area contributed by atoms with Gasteiger partial charge in [0.2, 0.25) is 5.28 Å². The summed E-state index contributed by atoms with van der Waals surface area (Å²) < 4.78 is 1.52. The topological polar surface area (TPSA) is 61.6 Å². The Balaban J connectivity index is 2.43. The number of hydrogen-bond acceptors (Lipinski definition) is 4. The lowest BCUT2D eigenvalue weighted by molar-refractivity contribution is 1.15. The van der Waals surface area contributed by atoms with E-state index in [1.165, 1.54) is 0 Å². The number of aromatic nitrogens is 2. The molecule has 90 valence electrons. The van der Waals surface area contributed by atoms with Crippen LogP contribution in [0.15, 0.2) is 33.3 Å². The minimum atomic E-state index is 0.134. The van der Waals surface area contributed by atoms with Crippen molar-refractivity contribution >= 4 is 55.0 Å². The SMILES string of the molecule is N#Cc1ccc(Br)cc1Nc1nc(Cl)ncc1Br. The van der Waals surface area contributed by atoms with Gasteiger partial charge in [-0.2, -0.15) is 10.2 Å². The largest absolute Gasteiger partial charge is 0.338 e. The highest BCUT2D eigenvalue weighted by molar-refractivity contribution is 9.10. The van der Waals surface area contributed by atoms with Crippen LogP contribution in [0.2, 0.25) is 5.28 Å². The molecule has 0 saturated heterocycles. The standard InChI is InChI=1S/C11H5Br2ClN4/c12-7-2-1-6(4-15)9(3-7)17-10-8(13)5-16-11(14)18-10/h1-3,5H,(H,16,17,18). The van der Waals surface area contributed by atoms with Crippen LogP contribution in [0.5, 0.6) is 0 Å². The number of nitrogens with one attached hydrogen (secondary N) is 1. The summed E-state index contributed by atoms with van der Waals surface area (Å²) in [6, 6.07) is 7.40. The van der Waals surface area contributed by atoms with Crippen LogP contribution >= 0.6 is 43.5 Å². The molecule has 1 N–H and O–H groups in total. The molecule has 4 nitrogen and oxygen atoms in total. The van der Waals surface area contributed by atoms with Crippen LogP contribution in [0.4, 0.5) is 11.5 Å². The molecule has 0 unspecified atom stereocenters. The fraction of sp³-hybridized carbons (Fsp3) is 0. The van der Waals surface area contributed by atoms with Gasteiger partial charge < -0.3 is 5.32 Å². The van der Waals surface area contributed by atoms with Crippen molar-refractivity contribution in [3.63, 3.8) is 0 Å². The number of halogens is 3. The van der Waals surface area contributed by atoms with Gasteiger partial charge in [0.25, 0.3) is 0 Å². The Morgan fingerprint density at radius 2 is 2.11 bits per heavy atom. The molecule has 0 aliphatic carbocycles. The molecule has 1 heterocycles. The van der Waals surface area contributed by atoms with Crippen molar-refractivity contribution in [1.82, 2.24) is 9.97 Å². The summed E-state index contributed by atoms with van der Waals surface area (Å²) in [5, 5.41) is 12.2. The van der Waals surface area contributed by atoms with E-state index in [4.69, 9.17) is 16.9 Å². The minimum absolute atomic E-state index is 0.134. The zero-order valence-corrected chi connectivity index (χ0v) is 12.7. The quantitative estimate of drug-likeness (QED) is 0.781. The lowest BCUT2D eigenvalue weighted by atomic mass is 10.2. The van der Waals surface area contributed by atoms with Crippen molar-refractivity contribution in [2.75, 3.05) is 5.32 Å². The van der Waals surface area contributed by atoms with Gasteiger partial charge in [0.1, 0.15) is 11.9 Å². The summed E-state index contributed by atoms with van der Waals surface area (Å²) >= 11 is 12.4. The van der Waals surface area contributed by atoms with Gasteiger partial charge in [-0.3, -0.25) is 0 Å². The van der Waals surface area contributed by atoms with Crippen LogP contribution in [-0.4, -0.2) is 9.97 Å². The second-order valence-electron chi connectivity index (χ2n) is 3.26. The Hall–Kier alpha value is -1.16. The maximum atomic E-state index is 9.04. The number of nitrogens with zero attached hydrogens (tertiary/aromatic N) is 3. The fourth-order valence-electron chi connectivity index (χ4n) is 1.28. The van der Waals surface area contributed by atoms with Crippen LogP contribution < -0.4 is 5.32 Å². The Bertz CT molecular complexity index is 639. The highest BCUT2D eigenvalue weighted by Crippen LogP contribution is 2.28. The third-order valence-electron chi connectivity index (χ3n) is 2.07. The first-order chi connectivity index (χ1) is 8.60. The van der Waals surface area contributed by atoms with E-state index in [1.54, 1.807) is 24.4 Å². The van der Waals surface area contributed by atoms with Crippen LogP contribution in [0.3, 0.4) is 0 Å². The molecular weight excluding hydrogens is 383 g/mol. The lowest BCUT2D eigenvalue weighted by Crippen LogP contribution is -1.98. The number of anilines is 2. The van der Waals surface area contributed by atoms with Gasteiger partial charge in [-0.15, -0.1) is 0 Å². The molecule has 2 aromatic rings. The minimum Gasteiger partial charge on any atom is -0.338 e. The molecule has 0 aliphatic heterocycles. The predicted molar refractivity (Wildman–Crippen MR) is 76.9 cm³/mol. The fourth-order valence-corrected chi connectivity index (χ4v) is 2.06. The molecule has 0 aliphatic rings. The van der Waals surface area contributed by atoms with Gasteiger partial charge in [0.05, 0.1) is 15.7 Å². The van der Waals surface area contributed by atoms with E-state index in [-0.39, 0.29) is 5.28 Å². The molecule has 0 bridgehead atoms. The van der Waals surface area contributed by atoms with Gasteiger partial charge >= 0.3 is 0 Å².